The van der Waals surface area contributed by atoms with E-state index in [-0.39, 0.29) is 12.5 Å². The number of nitrogens with two attached hydrogens (primary N) is 1. The second-order valence-electron chi connectivity index (χ2n) is 5.16. The second-order valence-corrected chi connectivity index (χ2v) is 5.16. The summed E-state index contributed by atoms with van der Waals surface area (Å²) in [6.07, 6.45) is 0.852. The summed E-state index contributed by atoms with van der Waals surface area (Å²) in [6, 6.07) is 15.5. The Balaban J connectivity index is 1.58. The second kappa shape index (κ2) is 5.97. The van der Waals surface area contributed by atoms with Crippen molar-refractivity contribution in [1.29, 1.82) is 0 Å². The SMILES string of the molecule is Nc1ccc2c(c1)CCN2C(=O)COCc1ccccc1. The van der Waals surface area contributed by atoms with Crippen LogP contribution >= 0.6 is 0 Å². The Hall–Kier alpha value is -2.33. The minimum absolute atomic E-state index is 0.00514. The minimum atomic E-state index is -0.00514. The van der Waals surface area contributed by atoms with Gasteiger partial charge in [0.25, 0.3) is 5.91 Å². The summed E-state index contributed by atoms with van der Waals surface area (Å²) in [6.45, 7) is 1.25. The molecular weight excluding hydrogens is 264 g/mol. The molecule has 2 aromatic carbocycles. The van der Waals surface area contributed by atoms with Crippen molar-refractivity contribution in [3.05, 3.63) is 59.7 Å². The molecule has 0 saturated carbocycles. The average Bonchev–Trinajstić information content (AvgIpc) is 2.91. The molecule has 0 aromatic heterocycles. The van der Waals surface area contributed by atoms with Crippen molar-refractivity contribution in [2.75, 3.05) is 23.8 Å². The Labute approximate surface area is 124 Å². The van der Waals surface area contributed by atoms with E-state index in [1.807, 2.05) is 48.5 Å². The third-order valence-corrected chi connectivity index (χ3v) is 3.64. The number of nitrogen functional groups attached to an aromatic ring is 1. The minimum Gasteiger partial charge on any atom is -0.399 e. The Morgan fingerprint density at radius 3 is 2.81 bits per heavy atom. The van der Waals surface area contributed by atoms with Gasteiger partial charge in [0.2, 0.25) is 0 Å². The first-order valence-corrected chi connectivity index (χ1v) is 7.04. The van der Waals surface area contributed by atoms with Gasteiger partial charge in [0.05, 0.1) is 6.61 Å². The molecule has 0 atom stereocenters. The molecule has 2 aromatic rings. The molecule has 3 rings (SSSR count). The molecule has 4 heteroatoms. The van der Waals surface area contributed by atoms with E-state index >= 15 is 0 Å². The van der Waals surface area contributed by atoms with Crippen LogP contribution in [0.15, 0.2) is 48.5 Å². The maximum absolute atomic E-state index is 12.3. The number of anilines is 2. The lowest BCUT2D eigenvalue weighted by atomic mass is 10.1. The van der Waals surface area contributed by atoms with Crippen LogP contribution in [0.25, 0.3) is 0 Å². The number of ether oxygens (including phenoxy) is 1. The smallest absolute Gasteiger partial charge is 0.253 e. The maximum atomic E-state index is 12.3. The van der Waals surface area contributed by atoms with E-state index in [1.54, 1.807) is 4.90 Å². The number of hydrogen-bond acceptors (Lipinski definition) is 3. The van der Waals surface area contributed by atoms with Crippen LogP contribution in [-0.4, -0.2) is 19.1 Å². The molecule has 0 radical (unpaired) electrons. The number of amides is 1. The zero-order valence-electron chi connectivity index (χ0n) is 11.8. The third kappa shape index (κ3) is 3.06. The van der Waals surface area contributed by atoms with Crippen molar-refractivity contribution in [1.82, 2.24) is 0 Å². The summed E-state index contributed by atoms with van der Waals surface area (Å²) in [4.78, 5) is 14.0. The highest BCUT2D eigenvalue weighted by Crippen LogP contribution is 2.29. The quantitative estimate of drug-likeness (QED) is 0.876. The van der Waals surface area contributed by atoms with Gasteiger partial charge in [-0.05, 0) is 35.7 Å². The largest absolute Gasteiger partial charge is 0.399 e. The van der Waals surface area contributed by atoms with Gasteiger partial charge in [-0.25, -0.2) is 0 Å². The van der Waals surface area contributed by atoms with E-state index in [0.29, 0.717) is 13.2 Å². The molecule has 0 saturated heterocycles. The molecule has 1 amide bonds. The van der Waals surface area contributed by atoms with E-state index in [2.05, 4.69) is 0 Å². The van der Waals surface area contributed by atoms with E-state index < -0.39 is 0 Å². The van der Waals surface area contributed by atoms with Crippen molar-refractivity contribution in [2.45, 2.75) is 13.0 Å². The fourth-order valence-electron chi connectivity index (χ4n) is 2.59. The van der Waals surface area contributed by atoms with E-state index in [0.717, 1.165) is 28.9 Å². The monoisotopic (exact) mass is 282 g/mol. The van der Waals surface area contributed by atoms with Gasteiger partial charge in [-0.3, -0.25) is 4.79 Å². The third-order valence-electron chi connectivity index (χ3n) is 3.64. The molecule has 0 aliphatic carbocycles. The van der Waals surface area contributed by atoms with E-state index in [1.165, 1.54) is 0 Å². The molecule has 0 unspecified atom stereocenters. The van der Waals surface area contributed by atoms with Crippen LogP contribution in [0.4, 0.5) is 11.4 Å². The van der Waals surface area contributed by atoms with Crippen LogP contribution in [-0.2, 0) is 22.6 Å². The zero-order chi connectivity index (χ0) is 14.7. The Morgan fingerprint density at radius 2 is 2.00 bits per heavy atom. The van der Waals surface area contributed by atoms with Crippen molar-refractivity contribution in [3.63, 3.8) is 0 Å². The Kier molecular flexibility index (Phi) is 3.88. The summed E-state index contributed by atoms with van der Waals surface area (Å²) in [5, 5.41) is 0. The van der Waals surface area contributed by atoms with Crippen LogP contribution in [0.2, 0.25) is 0 Å². The molecule has 1 aliphatic heterocycles. The molecule has 4 nitrogen and oxygen atoms in total. The van der Waals surface area contributed by atoms with Crippen molar-refractivity contribution in [3.8, 4) is 0 Å². The normalized spacial score (nSPS) is 13.2. The fourth-order valence-corrected chi connectivity index (χ4v) is 2.59. The summed E-state index contributed by atoms with van der Waals surface area (Å²) in [5.41, 5.74) is 9.66. The highest BCUT2D eigenvalue weighted by molar-refractivity contribution is 5.96. The zero-order valence-corrected chi connectivity index (χ0v) is 11.8. The molecule has 2 N–H and O–H groups in total. The fraction of sp³-hybridized carbons (Fsp3) is 0.235. The van der Waals surface area contributed by atoms with Crippen LogP contribution in [0, 0.1) is 0 Å². The summed E-state index contributed by atoms with van der Waals surface area (Å²) in [5.74, 6) is -0.00514. The summed E-state index contributed by atoms with van der Waals surface area (Å²) in [7, 11) is 0. The number of nitrogens with zero attached hydrogens (tertiary/aromatic N) is 1. The first kappa shape index (κ1) is 13.6. The van der Waals surface area contributed by atoms with Gasteiger partial charge in [0, 0.05) is 17.9 Å². The highest BCUT2D eigenvalue weighted by Gasteiger charge is 2.24. The summed E-state index contributed by atoms with van der Waals surface area (Å²) < 4.78 is 5.52. The Morgan fingerprint density at radius 1 is 1.19 bits per heavy atom. The molecule has 0 bridgehead atoms. The van der Waals surface area contributed by atoms with Gasteiger partial charge in [-0.15, -0.1) is 0 Å². The van der Waals surface area contributed by atoms with Crippen LogP contribution < -0.4 is 10.6 Å². The predicted octanol–water partition coefficient (Wildman–Crippen LogP) is 2.37. The van der Waals surface area contributed by atoms with Gasteiger partial charge in [0.15, 0.2) is 0 Å². The molecule has 1 heterocycles. The van der Waals surface area contributed by atoms with Gasteiger partial charge >= 0.3 is 0 Å². The van der Waals surface area contributed by atoms with Crippen molar-refractivity contribution >= 4 is 17.3 Å². The maximum Gasteiger partial charge on any atom is 0.253 e. The number of carbonyl (C=O) groups excluding carboxylic acids is 1. The number of carbonyl (C=O) groups is 1. The average molecular weight is 282 g/mol. The van der Waals surface area contributed by atoms with E-state index in [4.69, 9.17) is 10.5 Å². The first-order chi connectivity index (χ1) is 10.2. The van der Waals surface area contributed by atoms with Gasteiger partial charge in [0.1, 0.15) is 6.61 Å². The molecule has 1 aliphatic rings. The van der Waals surface area contributed by atoms with Crippen LogP contribution in [0.5, 0.6) is 0 Å². The van der Waals surface area contributed by atoms with Crippen LogP contribution in [0.1, 0.15) is 11.1 Å². The molecule has 0 spiro atoms. The molecule has 21 heavy (non-hydrogen) atoms. The lowest BCUT2D eigenvalue weighted by Crippen LogP contribution is -2.32. The lowest BCUT2D eigenvalue weighted by Gasteiger charge is -2.17. The number of rotatable bonds is 4. The highest BCUT2D eigenvalue weighted by atomic mass is 16.5. The van der Waals surface area contributed by atoms with Crippen molar-refractivity contribution in [2.24, 2.45) is 0 Å². The van der Waals surface area contributed by atoms with Crippen LogP contribution in [0.3, 0.4) is 0 Å². The standard InChI is InChI=1S/C17H18N2O2/c18-15-6-7-16-14(10-15)8-9-19(16)17(20)12-21-11-13-4-2-1-3-5-13/h1-7,10H,8-9,11-12,18H2. The Bertz CT molecular complexity index is 640. The number of fused-ring (bicyclic) bond motifs is 1. The topological polar surface area (TPSA) is 55.6 Å². The molecular formula is C17H18N2O2. The molecule has 108 valence electrons. The molecule has 0 fully saturated rings. The number of benzene rings is 2. The number of hydrogen-bond donors (Lipinski definition) is 1. The van der Waals surface area contributed by atoms with Gasteiger partial charge in [-0.2, -0.15) is 0 Å². The van der Waals surface area contributed by atoms with Gasteiger partial charge in [-0.1, -0.05) is 30.3 Å². The summed E-state index contributed by atoms with van der Waals surface area (Å²) >= 11 is 0. The first-order valence-electron chi connectivity index (χ1n) is 7.04. The lowest BCUT2D eigenvalue weighted by molar-refractivity contribution is -0.123. The van der Waals surface area contributed by atoms with Gasteiger partial charge < -0.3 is 15.4 Å². The van der Waals surface area contributed by atoms with Crippen molar-refractivity contribution < 1.29 is 9.53 Å². The predicted molar refractivity (Wildman–Crippen MR) is 83.0 cm³/mol. The van der Waals surface area contributed by atoms with E-state index in [9.17, 15) is 4.79 Å².